The van der Waals surface area contributed by atoms with E-state index in [0.717, 1.165) is 18.4 Å². The van der Waals surface area contributed by atoms with Gasteiger partial charge in [0.1, 0.15) is 0 Å². The van der Waals surface area contributed by atoms with E-state index in [1.54, 1.807) is 0 Å². The molecule has 1 aromatic heterocycles. The molecule has 1 nitrogen and oxygen atoms in total. The van der Waals surface area contributed by atoms with Crippen LogP contribution >= 0.6 is 0 Å². The summed E-state index contributed by atoms with van der Waals surface area (Å²) in [6.45, 7) is 8.87. The SMILES string of the molecule is [CH2]c1cc(CCCCCCCCCCCCCCCCCCCC)nc(CCCCCCCCCCCCCCCCCCCC)c1. The van der Waals surface area contributed by atoms with Gasteiger partial charge in [-0.3, -0.25) is 4.98 Å². The van der Waals surface area contributed by atoms with Gasteiger partial charge < -0.3 is 0 Å². The van der Waals surface area contributed by atoms with Crippen molar-refractivity contribution in [3.05, 3.63) is 36.0 Å². The van der Waals surface area contributed by atoms with E-state index >= 15 is 0 Å². The second kappa shape index (κ2) is 36.4. The molecule has 1 radical (unpaired) electrons. The van der Waals surface area contributed by atoms with Crippen LogP contribution in [0, 0.1) is 6.92 Å². The third-order valence-electron chi connectivity index (χ3n) is 10.6. The van der Waals surface area contributed by atoms with Crippen LogP contribution in [-0.4, -0.2) is 4.98 Å². The quantitative estimate of drug-likeness (QED) is 0.0648. The number of rotatable bonds is 38. The fourth-order valence-electron chi connectivity index (χ4n) is 7.39. The minimum atomic E-state index is 1.13. The molecule has 0 saturated heterocycles. The Morgan fingerprint density at radius 3 is 0.723 bits per heavy atom. The minimum Gasteiger partial charge on any atom is -0.258 e. The largest absolute Gasteiger partial charge is 0.258 e. The van der Waals surface area contributed by atoms with Crippen LogP contribution in [0.4, 0.5) is 0 Å². The summed E-state index contributed by atoms with van der Waals surface area (Å²) in [6, 6.07) is 4.46. The maximum Gasteiger partial charge on any atom is 0.0409 e. The average Bonchev–Trinajstić information content (AvgIpc) is 3.07. The van der Waals surface area contributed by atoms with E-state index in [0.29, 0.717) is 0 Å². The van der Waals surface area contributed by atoms with Gasteiger partial charge in [-0.1, -0.05) is 232 Å². The lowest BCUT2D eigenvalue weighted by atomic mass is 10.0. The molecule has 0 fully saturated rings. The van der Waals surface area contributed by atoms with E-state index < -0.39 is 0 Å². The number of pyridine rings is 1. The Bertz CT molecular complexity index is 680. The fraction of sp³-hybridized carbons (Fsp3) is 0.870. The molecule has 0 spiro atoms. The first-order chi connectivity index (χ1) is 23.3. The standard InChI is InChI=1S/C46H86N/c1-4-6-8-10-12-14-16-18-20-22-24-26-28-30-32-34-36-38-40-45-42-44(3)43-46(47-45)41-39-37-35-33-31-29-27-25-23-21-19-17-15-13-11-9-7-5-2/h42-43H,3-41H2,1-2H3. The normalized spacial score (nSPS) is 11.6. The predicted molar refractivity (Wildman–Crippen MR) is 214 cm³/mol. The third-order valence-corrected chi connectivity index (χ3v) is 10.6. The zero-order valence-electron chi connectivity index (χ0n) is 32.7. The van der Waals surface area contributed by atoms with Crippen LogP contribution in [0.1, 0.15) is 262 Å². The van der Waals surface area contributed by atoms with Gasteiger partial charge in [0, 0.05) is 11.4 Å². The van der Waals surface area contributed by atoms with E-state index in [1.165, 1.54) is 243 Å². The molecule has 275 valence electrons. The van der Waals surface area contributed by atoms with Crippen LogP contribution < -0.4 is 0 Å². The molecule has 0 aromatic carbocycles. The fourth-order valence-corrected chi connectivity index (χ4v) is 7.39. The molecule has 0 aliphatic carbocycles. The number of aromatic nitrogens is 1. The van der Waals surface area contributed by atoms with Gasteiger partial charge in [-0.2, -0.15) is 0 Å². The summed E-state index contributed by atoms with van der Waals surface area (Å²) in [5.41, 5.74) is 3.73. The smallest absolute Gasteiger partial charge is 0.0409 e. The van der Waals surface area contributed by atoms with Crippen molar-refractivity contribution in [1.29, 1.82) is 0 Å². The summed E-state index contributed by atoms with van der Waals surface area (Å²) in [5.74, 6) is 0. The first-order valence-corrected chi connectivity index (χ1v) is 22.1. The topological polar surface area (TPSA) is 12.9 Å². The van der Waals surface area contributed by atoms with Gasteiger partial charge in [0.2, 0.25) is 0 Å². The van der Waals surface area contributed by atoms with Crippen LogP contribution in [0.25, 0.3) is 0 Å². The Labute approximate surface area is 298 Å². The van der Waals surface area contributed by atoms with Gasteiger partial charge >= 0.3 is 0 Å². The van der Waals surface area contributed by atoms with E-state index in [2.05, 4.69) is 32.9 Å². The highest BCUT2D eigenvalue weighted by Crippen LogP contribution is 2.18. The first-order valence-electron chi connectivity index (χ1n) is 22.1. The van der Waals surface area contributed by atoms with Crippen molar-refractivity contribution in [3.63, 3.8) is 0 Å². The van der Waals surface area contributed by atoms with E-state index in [4.69, 9.17) is 4.98 Å². The molecule has 1 aromatic rings. The minimum absolute atomic E-state index is 1.13. The molecule has 0 amide bonds. The lowest BCUT2D eigenvalue weighted by Gasteiger charge is -2.08. The summed E-state index contributed by atoms with van der Waals surface area (Å²) < 4.78 is 0. The van der Waals surface area contributed by atoms with Crippen LogP contribution in [0.15, 0.2) is 12.1 Å². The molecular formula is C46H86N. The molecule has 0 atom stereocenters. The van der Waals surface area contributed by atoms with Gasteiger partial charge in [-0.15, -0.1) is 0 Å². The Morgan fingerprint density at radius 2 is 0.511 bits per heavy atom. The molecular weight excluding hydrogens is 567 g/mol. The second-order valence-electron chi connectivity index (χ2n) is 15.5. The number of hydrogen-bond donors (Lipinski definition) is 0. The molecule has 0 saturated carbocycles. The second-order valence-corrected chi connectivity index (χ2v) is 15.5. The maximum atomic E-state index is 5.02. The predicted octanol–water partition coefficient (Wildman–Crippen LogP) is 16.4. The van der Waals surface area contributed by atoms with E-state index in [-0.39, 0.29) is 0 Å². The van der Waals surface area contributed by atoms with Crippen molar-refractivity contribution < 1.29 is 0 Å². The Hall–Kier alpha value is -0.850. The van der Waals surface area contributed by atoms with Crippen molar-refractivity contribution in [3.8, 4) is 0 Å². The van der Waals surface area contributed by atoms with Crippen molar-refractivity contribution in [2.75, 3.05) is 0 Å². The van der Waals surface area contributed by atoms with E-state index in [1.807, 2.05) is 0 Å². The maximum absolute atomic E-state index is 5.02. The molecule has 1 heteroatoms. The van der Waals surface area contributed by atoms with Gasteiger partial charge in [0.25, 0.3) is 0 Å². The summed E-state index contributed by atoms with van der Waals surface area (Å²) in [5, 5.41) is 0. The monoisotopic (exact) mass is 653 g/mol. The van der Waals surface area contributed by atoms with Gasteiger partial charge in [-0.05, 0) is 50.3 Å². The van der Waals surface area contributed by atoms with Crippen LogP contribution in [0.3, 0.4) is 0 Å². The highest BCUT2D eigenvalue weighted by atomic mass is 14.7. The average molecular weight is 653 g/mol. The Balaban J connectivity index is 1.88. The lowest BCUT2D eigenvalue weighted by Crippen LogP contribution is -1.98. The molecule has 47 heavy (non-hydrogen) atoms. The van der Waals surface area contributed by atoms with Gasteiger partial charge in [-0.25, -0.2) is 0 Å². The molecule has 0 bridgehead atoms. The number of unbranched alkanes of at least 4 members (excludes halogenated alkanes) is 34. The van der Waals surface area contributed by atoms with Crippen LogP contribution in [0.5, 0.6) is 0 Å². The van der Waals surface area contributed by atoms with Gasteiger partial charge in [0.15, 0.2) is 0 Å². The Kier molecular flexibility index (Phi) is 34.2. The van der Waals surface area contributed by atoms with Crippen molar-refractivity contribution in [2.45, 2.75) is 258 Å². The zero-order chi connectivity index (χ0) is 33.7. The van der Waals surface area contributed by atoms with Crippen LogP contribution in [0.2, 0.25) is 0 Å². The first kappa shape index (κ1) is 44.2. The van der Waals surface area contributed by atoms with Gasteiger partial charge in [0.05, 0.1) is 0 Å². The molecule has 1 heterocycles. The van der Waals surface area contributed by atoms with Crippen molar-refractivity contribution in [2.24, 2.45) is 0 Å². The highest BCUT2D eigenvalue weighted by Gasteiger charge is 2.03. The third kappa shape index (κ3) is 32.1. The number of aryl methyl sites for hydroxylation is 2. The van der Waals surface area contributed by atoms with Crippen molar-refractivity contribution in [1.82, 2.24) is 4.98 Å². The summed E-state index contributed by atoms with van der Waals surface area (Å²) in [4.78, 5) is 5.02. The molecule has 0 unspecified atom stereocenters. The van der Waals surface area contributed by atoms with E-state index in [9.17, 15) is 0 Å². The lowest BCUT2D eigenvalue weighted by molar-refractivity contribution is 0.524. The summed E-state index contributed by atoms with van der Waals surface area (Å²) in [7, 11) is 0. The zero-order valence-corrected chi connectivity index (χ0v) is 32.7. The molecule has 0 aliphatic heterocycles. The van der Waals surface area contributed by atoms with Crippen molar-refractivity contribution >= 4 is 0 Å². The summed E-state index contributed by atoms with van der Waals surface area (Å²) >= 11 is 0. The summed E-state index contributed by atoms with van der Waals surface area (Å²) in [6.07, 6.45) is 53.9. The Morgan fingerprint density at radius 1 is 0.319 bits per heavy atom. The number of nitrogens with zero attached hydrogens (tertiary/aromatic N) is 1. The molecule has 0 N–H and O–H groups in total. The van der Waals surface area contributed by atoms with Crippen LogP contribution in [-0.2, 0) is 12.8 Å². The highest BCUT2D eigenvalue weighted by molar-refractivity contribution is 5.24. The molecule has 0 aliphatic rings. The molecule has 1 rings (SSSR count). The number of hydrogen-bond acceptors (Lipinski definition) is 1.